The van der Waals surface area contributed by atoms with E-state index in [0.29, 0.717) is 37.3 Å². The highest BCUT2D eigenvalue weighted by Gasteiger charge is 2.25. The maximum Gasteiger partial charge on any atom is 0.321 e. The van der Waals surface area contributed by atoms with Gasteiger partial charge in [0, 0.05) is 30.2 Å². The third-order valence-electron chi connectivity index (χ3n) is 4.79. The molecule has 1 aliphatic heterocycles. The lowest BCUT2D eigenvalue weighted by Crippen LogP contribution is -2.47. The molecule has 0 saturated carbocycles. The monoisotopic (exact) mass is 363 g/mol. The molecule has 0 aliphatic carbocycles. The van der Waals surface area contributed by atoms with Gasteiger partial charge in [0.15, 0.2) is 5.76 Å². The predicted molar refractivity (Wildman–Crippen MR) is 104 cm³/mol. The molecule has 1 aliphatic rings. The van der Waals surface area contributed by atoms with Crippen molar-refractivity contribution in [2.75, 3.05) is 18.4 Å². The molecule has 0 radical (unpaired) electrons. The number of hydrogen-bond donors (Lipinski definition) is 2. The molecule has 6 heteroatoms. The molecule has 3 aromatic rings. The van der Waals surface area contributed by atoms with Crippen LogP contribution in [0.4, 0.5) is 10.5 Å². The number of nitrogens with one attached hydrogen (secondary N) is 2. The molecule has 1 fully saturated rings. The average Bonchev–Trinajstić information content (AvgIpc) is 3.14. The van der Waals surface area contributed by atoms with E-state index in [9.17, 15) is 9.59 Å². The Bertz CT molecular complexity index is 910. The highest BCUT2D eigenvalue weighted by molar-refractivity contribution is 5.96. The fraction of sp³-hybridized carbons (Fsp3) is 0.238. The van der Waals surface area contributed by atoms with Gasteiger partial charge in [-0.25, -0.2) is 4.79 Å². The van der Waals surface area contributed by atoms with Crippen molar-refractivity contribution < 1.29 is 14.0 Å². The van der Waals surface area contributed by atoms with E-state index >= 15 is 0 Å². The molecule has 3 amide bonds. The van der Waals surface area contributed by atoms with Crippen molar-refractivity contribution in [1.82, 2.24) is 10.2 Å². The number of urea groups is 1. The minimum absolute atomic E-state index is 0.0338. The largest absolute Gasteiger partial charge is 0.451 e. The van der Waals surface area contributed by atoms with Crippen LogP contribution in [0.25, 0.3) is 11.0 Å². The number of furan rings is 1. The van der Waals surface area contributed by atoms with Gasteiger partial charge in [-0.15, -0.1) is 0 Å². The molecular formula is C21H21N3O3. The molecule has 6 nitrogen and oxygen atoms in total. The molecule has 27 heavy (non-hydrogen) atoms. The van der Waals surface area contributed by atoms with Crippen molar-refractivity contribution in [3.8, 4) is 0 Å². The van der Waals surface area contributed by atoms with E-state index in [2.05, 4.69) is 10.6 Å². The summed E-state index contributed by atoms with van der Waals surface area (Å²) >= 11 is 0. The standard InChI is InChI=1S/C21H21N3O3/c25-20(19-14-15-6-4-5-9-18(15)27-19)22-17-10-12-24(13-11-17)21(26)23-16-7-2-1-3-8-16/h1-9,14,17H,10-13H2,(H,22,25)(H,23,26). The Labute approximate surface area is 157 Å². The SMILES string of the molecule is O=C(NC1CCN(C(=O)Nc2ccccc2)CC1)c1cc2ccccc2o1. The summed E-state index contributed by atoms with van der Waals surface area (Å²) in [4.78, 5) is 26.5. The molecule has 0 atom stereocenters. The quantitative estimate of drug-likeness (QED) is 0.742. The maximum atomic E-state index is 12.4. The van der Waals surface area contributed by atoms with Crippen molar-refractivity contribution in [1.29, 1.82) is 0 Å². The molecule has 0 bridgehead atoms. The van der Waals surface area contributed by atoms with E-state index in [-0.39, 0.29) is 18.0 Å². The first-order valence-electron chi connectivity index (χ1n) is 9.09. The second-order valence-corrected chi connectivity index (χ2v) is 6.68. The topological polar surface area (TPSA) is 74.6 Å². The number of carbonyl (C=O) groups excluding carboxylic acids is 2. The molecule has 0 spiro atoms. The minimum Gasteiger partial charge on any atom is -0.451 e. The van der Waals surface area contributed by atoms with Crippen molar-refractivity contribution in [3.05, 3.63) is 66.4 Å². The van der Waals surface area contributed by atoms with E-state index in [0.717, 1.165) is 11.1 Å². The third kappa shape index (κ3) is 3.95. The van der Waals surface area contributed by atoms with Crippen LogP contribution in [0.1, 0.15) is 23.4 Å². The molecule has 1 aromatic heterocycles. The number of rotatable bonds is 3. The van der Waals surface area contributed by atoms with Gasteiger partial charge in [-0.2, -0.15) is 0 Å². The highest BCUT2D eigenvalue weighted by atomic mass is 16.3. The van der Waals surface area contributed by atoms with Crippen LogP contribution in [-0.4, -0.2) is 36.0 Å². The summed E-state index contributed by atoms with van der Waals surface area (Å²) < 4.78 is 5.61. The lowest BCUT2D eigenvalue weighted by Gasteiger charge is -2.32. The molecule has 0 unspecified atom stereocenters. The Kier molecular flexibility index (Phi) is 4.78. The zero-order valence-corrected chi connectivity index (χ0v) is 14.9. The van der Waals surface area contributed by atoms with Gasteiger partial charge in [-0.05, 0) is 37.1 Å². The van der Waals surface area contributed by atoms with Crippen molar-refractivity contribution in [2.24, 2.45) is 0 Å². The second-order valence-electron chi connectivity index (χ2n) is 6.68. The Hall–Kier alpha value is -3.28. The van der Waals surface area contributed by atoms with Crippen LogP contribution < -0.4 is 10.6 Å². The van der Waals surface area contributed by atoms with Crippen LogP contribution in [-0.2, 0) is 0 Å². The van der Waals surface area contributed by atoms with Crippen LogP contribution in [0.2, 0.25) is 0 Å². The molecule has 2 N–H and O–H groups in total. The van der Waals surface area contributed by atoms with Gasteiger partial charge in [0.2, 0.25) is 0 Å². The molecular weight excluding hydrogens is 342 g/mol. The van der Waals surface area contributed by atoms with Crippen LogP contribution in [0.5, 0.6) is 0 Å². The van der Waals surface area contributed by atoms with E-state index in [4.69, 9.17) is 4.42 Å². The third-order valence-corrected chi connectivity index (χ3v) is 4.79. The lowest BCUT2D eigenvalue weighted by molar-refractivity contribution is 0.0893. The predicted octanol–water partition coefficient (Wildman–Crippen LogP) is 3.86. The van der Waals surface area contributed by atoms with Gasteiger partial charge in [-0.3, -0.25) is 4.79 Å². The van der Waals surface area contributed by atoms with Crippen LogP contribution >= 0.6 is 0 Å². The first-order valence-corrected chi connectivity index (χ1v) is 9.09. The van der Waals surface area contributed by atoms with E-state index in [1.165, 1.54) is 0 Å². The summed E-state index contributed by atoms with van der Waals surface area (Å²) in [5, 5.41) is 6.82. The first kappa shape index (κ1) is 17.1. The van der Waals surface area contributed by atoms with Crippen LogP contribution in [0.15, 0.2) is 65.1 Å². The smallest absolute Gasteiger partial charge is 0.321 e. The van der Waals surface area contributed by atoms with Gasteiger partial charge in [0.1, 0.15) is 5.58 Å². The lowest BCUT2D eigenvalue weighted by atomic mass is 10.1. The summed E-state index contributed by atoms with van der Waals surface area (Å²) in [6, 6.07) is 18.6. The average molecular weight is 363 g/mol. The Morgan fingerprint density at radius 3 is 2.41 bits per heavy atom. The Balaban J connectivity index is 1.30. The minimum atomic E-state index is -0.210. The number of fused-ring (bicyclic) bond motifs is 1. The normalized spacial score (nSPS) is 14.9. The Morgan fingerprint density at radius 2 is 1.67 bits per heavy atom. The van der Waals surface area contributed by atoms with Crippen molar-refractivity contribution in [2.45, 2.75) is 18.9 Å². The summed E-state index contributed by atoms with van der Waals surface area (Å²) in [7, 11) is 0. The number of benzene rings is 2. The number of nitrogens with zero attached hydrogens (tertiary/aromatic N) is 1. The highest BCUT2D eigenvalue weighted by Crippen LogP contribution is 2.19. The molecule has 2 aromatic carbocycles. The zero-order chi connectivity index (χ0) is 18.6. The fourth-order valence-electron chi connectivity index (χ4n) is 3.30. The maximum absolute atomic E-state index is 12.4. The number of likely N-dealkylation sites (tertiary alicyclic amines) is 1. The second kappa shape index (κ2) is 7.53. The summed E-state index contributed by atoms with van der Waals surface area (Å²) in [5.74, 6) is 0.110. The van der Waals surface area contributed by atoms with Gasteiger partial charge >= 0.3 is 6.03 Å². The number of amides is 3. The van der Waals surface area contributed by atoms with Gasteiger partial charge in [0.05, 0.1) is 0 Å². The summed E-state index contributed by atoms with van der Waals surface area (Å²) in [6.45, 7) is 1.20. The van der Waals surface area contributed by atoms with Gasteiger partial charge < -0.3 is 20.0 Å². The number of para-hydroxylation sites is 2. The van der Waals surface area contributed by atoms with E-state index < -0.39 is 0 Å². The van der Waals surface area contributed by atoms with Crippen molar-refractivity contribution in [3.63, 3.8) is 0 Å². The van der Waals surface area contributed by atoms with Gasteiger partial charge in [-0.1, -0.05) is 36.4 Å². The summed E-state index contributed by atoms with van der Waals surface area (Å²) in [6.07, 6.45) is 1.43. The van der Waals surface area contributed by atoms with Crippen LogP contribution in [0.3, 0.4) is 0 Å². The first-order chi connectivity index (χ1) is 13.2. The van der Waals surface area contributed by atoms with E-state index in [1.54, 1.807) is 11.0 Å². The number of hydrogen-bond acceptors (Lipinski definition) is 3. The molecule has 1 saturated heterocycles. The van der Waals surface area contributed by atoms with E-state index in [1.807, 2.05) is 54.6 Å². The van der Waals surface area contributed by atoms with Crippen LogP contribution in [0, 0.1) is 0 Å². The number of piperidine rings is 1. The van der Waals surface area contributed by atoms with Gasteiger partial charge in [0.25, 0.3) is 5.91 Å². The fourth-order valence-corrected chi connectivity index (χ4v) is 3.30. The summed E-state index contributed by atoms with van der Waals surface area (Å²) in [5.41, 5.74) is 1.48. The molecule has 138 valence electrons. The Morgan fingerprint density at radius 1 is 0.963 bits per heavy atom. The molecule has 2 heterocycles. The number of carbonyl (C=O) groups is 2. The number of anilines is 1. The zero-order valence-electron chi connectivity index (χ0n) is 14.9. The van der Waals surface area contributed by atoms with Crippen molar-refractivity contribution >= 4 is 28.6 Å². The molecule has 4 rings (SSSR count).